The van der Waals surface area contributed by atoms with Crippen molar-refractivity contribution in [3.05, 3.63) is 23.1 Å². The molecule has 0 spiro atoms. The van der Waals surface area contributed by atoms with Crippen LogP contribution in [0.15, 0.2) is 22.4 Å². The van der Waals surface area contributed by atoms with Crippen molar-refractivity contribution in [2.75, 3.05) is 12.4 Å². The smallest absolute Gasteiger partial charge is 0.142 e. The van der Waals surface area contributed by atoms with Crippen LogP contribution in [-0.4, -0.2) is 23.8 Å². The fourth-order valence-electron chi connectivity index (χ4n) is 0.873. The third-order valence-corrected chi connectivity index (χ3v) is 3.85. The molecule has 1 aromatic rings. The van der Waals surface area contributed by atoms with Crippen LogP contribution in [0.25, 0.3) is 6.08 Å². The van der Waals surface area contributed by atoms with E-state index >= 15 is 0 Å². The zero-order valence-electron chi connectivity index (χ0n) is 7.68. The Hall–Kier alpha value is -0.580. The number of aliphatic hydroxyl groups is 1. The summed E-state index contributed by atoms with van der Waals surface area (Å²) in [6.45, 7) is 0.246. The first-order valence-electron chi connectivity index (χ1n) is 4.32. The largest absolute Gasteiger partial charge is 0.396 e. The minimum absolute atomic E-state index is 0.246. The maximum Gasteiger partial charge on any atom is 0.142 e. The summed E-state index contributed by atoms with van der Waals surface area (Å²) in [5.41, 5.74) is 0. The zero-order chi connectivity index (χ0) is 10.2. The molecule has 14 heavy (non-hydrogen) atoms. The Morgan fingerprint density at radius 1 is 1.50 bits per heavy atom. The summed E-state index contributed by atoms with van der Waals surface area (Å²) in [7, 11) is 0. The summed E-state index contributed by atoms with van der Waals surface area (Å²) < 4.78 is 1.23. The molecule has 1 aromatic heterocycles. The number of rotatable bonds is 6. The number of aldehydes is 1. The second-order valence-corrected chi connectivity index (χ2v) is 5.09. The van der Waals surface area contributed by atoms with Gasteiger partial charge < -0.3 is 5.11 Å². The van der Waals surface area contributed by atoms with Crippen molar-refractivity contribution in [2.24, 2.45) is 0 Å². The summed E-state index contributed by atoms with van der Waals surface area (Å²) >= 11 is 3.39. The van der Waals surface area contributed by atoms with Crippen LogP contribution >= 0.6 is 23.1 Å². The van der Waals surface area contributed by atoms with Gasteiger partial charge in [0.25, 0.3) is 0 Å². The summed E-state index contributed by atoms with van der Waals surface area (Å²) in [5.74, 6) is 0.938. The molecule has 0 saturated carbocycles. The summed E-state index contributed by atoms with van der Waals surface area (Å²) in [6.07, 6.45) is 4.89. The van der Waals surface area contributed by atoms with E-state index in [1.165, 1.54) is 10.3 Å². The molecule has 0 aliphatic rings. The molecule has 76 valence electrons. The van der Waals surface area contributed by atoms with Gasteiger partial charge in [-0.2, -0.15) is 0 Å². The van der Waals surface area contributed by atoms with Crippen molar-refractivity contribution in [1.82, 2.24) is 0 Å². The summed E-state index contributed by atoms with van der Waals surface area (Å²) in [4.78, 5) is 11.2. The maximum absolute atomic E-state index is 10.1. The minimum Gasteiger partial charge on any atom is -0.396 e. The third kappa shape index (κ3) is 4.09. The molecule has 2 nitrogen and oxygen atoms in total. The summed E-state index contributed by atoms with van der Waals surface area (Å²) in [6, 6.07) is 4.03. The van der Waals surface area contributed by atoms with Gasteiger partial charge in [-0.05, 0) is 30.7 Å². The van der Waals surface area contributed by atoms with E-state index in [1.54, 1.807) is 29.2 Å². The highest BCUT2D eigenvalue weighted by Crippen LogP contribution is 2.28. The van der Waals surface area contributed by atoms with E-state index in [4.69, 9.17) is 5.11 Å². The topological polar surface area (TPSA) is 37.3 Å². The predicted molar refractivity (Wildman–Crippen MR) is 61.8 cm³/mol. The van der Waals surface area contributed by atoms with Crippen molar-refractivity contribution in [2.45, 2.75) is 10.6 Å². The molecule has 0 radical (unpaired) electrons. The lowest BCUT2D eigenvalue weighted by Crippen LogP contribution is -1.83. The Kier molecular flexibility index (Phi) is 5.59. The van der Waals surface area contributed by atoms with E-state index in [0.717, 1.165) is 23.3 Å². The molecule has 0 aromatic carbocycles. The standard InChI is InChI=1S/C10H12O2S2/c11-6-1-3-9-4-5-10(14-9)13-8-2-7-12/h1,3-6,12H,2,7-8H2/b3-1+. The number of thioether (sulfide) groups is 1. The highest BCUT2D eigenvalue weighted by atomic mass is 32.2. The third-order valence-electron chi connectivity index (χ3n) is 1.49. The van der Waals surface area contributed by atoms with Crippen LogP contribution in [0.3, 0.4) is 0 Å². The SMILES string of the molecule is O=C/C=C/c1ccc(SCCCO)s1. The zero-order valence-corrected chi connectivity index (χ0v) is 9.31. The normalized spacial score (nSPS) is 10.9. The molecule has 4 heteroatoms. The molecular weight excluding hydrogens is 216 g/mol. The van der Waals surface area contributed by atoms with Gasteiger partial charge in [-0.3, -0.25) is 4.79 Å². The second-order valence-electron chi connectivity index (χ2n) is 2.58. The number of allylic oxidation sites excluding steroid dienone is 1. The van der Waals surface area contributed by atoms with Crippen molar-refractivity contribution >= 4 is 35.5 Å². The van der Waals surface area contributed by atoms with Crippen molar-refractivity contribution in [1.29, 1.82) is 0 Å². The molecule has 1 heterocycles. The van der Waals surface area contributed by atoms with Gasteiger partial charge in [0.05, 0.1) is 4.21 Å². The number of hydrogen-bond donors (Lipinski definition) is 1. The Labute approximate surface area is 91.7 Å². The molecule has 0 fully saturated rings. The molecule has 0 amide bonds. The molecule has 0 saturated heterocycles. The van der Waals surface area contributed by atoms with E-state index in [1.807, 2.05) is 12.1 Å². The lowest BCUT2D eigenvalue weighted by atomic mass is 10.4. The molecule has 0 aliphatic heterocycles. The first-order valence-corrected chi connectivity index (χ1v) is 6.12. The van der Waals surface area contributed by atoms with Gasteiger partial charge in [-0.15, -0.1) is 23.1 Å². The number of carbonyl (C=O) groups is 1. The van der Waals surface area contributed by atoms with Gasteiger partial charge in [0.1, 0.15) is 6.29 Å². The Balaban J connectivity index is 2.42. The number of thiophene rings is 1. The first-order chi connectivity index (χ1) is 6.86. The van der Waals surface area contributed by atoms with Crippen LogP contribution in [0.2, 0.25) is 0 Å². The van der Waals surface area contributed by atoms with Gasteiger partial charge in [0.15, 0.2) is 0 Å². The van der Waals surface area contributed by atoms with Crippen molar-refractivity contribution < 1.29 is 9.90 Å². The molecule has 0 atom stereocenters. The van der Waals surface area contributed by atoms with Crippen LogP contribution in [0.1, 0.15) is 11.3 Å². The van der Waals surface area contributed by atoms with Crippen LogP contribution < -0.4 is 0 Å². The van der Waals surface area contributed by atoms with Crippen molar-refractivity contribution in [3.8, 4) is 0 Å². The van der Waals surface area contributed by atoms with Crippen LogP contribution in [0, 0.1) is 0 Å². The fraction of sp³-hybridized carbons (Fsp3) is 0.300. The quantitative estimate of drug-likeness (QED) is 0.352. The van der Waals surface area contributed by atoms with Gasteiger partial charge in [-0.1, -0.05) is 0 Å². The minimum atomic E-state index is 0.246. The highest BCUT2D eigenvalue weighted by Gasteiger charge is 1.97. The molecule has 1 N–H and O–H groups in total. The molecule has 1 rings (SSSR count). The van der Waals surface area contributed by atoms with E-state index < -0.39 is 0 Å². The van der Waals surface area contributed by atoms with Crippen molar-refractivity contribution in [3.63, 3.8) is 0 Å². The van der Waals surface area contributed by atoms with Gasteiger partial charge in [0.2, 0.25) is 0 Å². The lowest BCUT2D eigenvalue weighted by Gasteiger charge is -1.93. The van der Waals surface area contributed by atoms with Gasteiger partial charge >= 0.3 is 0 Å². The van der Waals surface area contributed by atoms with Gasteiger partial charge in [0, 0.05) is 17.2 Å². The van der Waals surface area contributed by atoms with Crippen LogP contribution in [0.4, 0.5) is 0 Å². The van der Waals surface area contributed by atoms with Gasteiger partial charge in [-0.25, -0.2) is 0 Å². The lowest BCUT2D eigenvalue weighted by molar-refractivity contribution is -0.104. The van der Waals surface area contributed by atoms with E-state index in [9.17, 15) is 4.79 Å². The average Bonchev–Trinajstić information content (AvgIpc) is 2.63. The molecule has 0 aliphatic carbocycles. The monoisotopic (exact) mass is 228 g/mol. The molecule has 0 bridgehead atoms. The van der Waals surface area contributed by atoms with E-state index in [2.05, 4.69) is 0 Å². The number of hydrogen-bond acceptors (Lipinski definition) is 4. The van der Waals surface area contributed by atoms with Crippen LogP contribution in [0.5, 0.6) is 0 Å². The van der Waals surface area contributed by atoms with Crippen LogP contribution in [-0.2, 0) is 4.79 Å². The number of aliphatic hydroxyl groups excluding tert-OH is 1. The molecular formula is C10H12O2S2. The average molecular weight is 228 g/mol. The van der Waals surface area contributed by atoms with E-state index in [-0.39, 0.29) is 6.61 Å². The number of carbonyl (C=O) groups excluding carboxylic acids is 1. The first kappa shape index (κ1) is 11.5. The predicted octanol–water partition coefficient (Wildman–Crippen LogP) is 2.43. The second kappa shape index (κ2) is 6.81. The maximum atomic E-state index is 10.1. The Morgan fingerprint density at radius 2 is 2.36 bits per heavy atom. The molecule has 0 unspecified atom stereocenters. The highest BCUT2D eigenvalue weighted by molar-refractivity contribution is 8.01. The fourth-order valence-corrected chi connectivity index (χ4v) is 2.94. The Morgan fingerprint density at radius 3 is 3.07 bits per heavy atom. The Bertz CT molecular complexity index is 305. The van der Waals surface area contributed by atoms with E-state index in [0.29, 0.717) is 0 Å². The summed E-state index contributed by atoms with van der Waals surface area (Å²) in [5, 5.41) is 8.61.